The van der Waals surface area contributed by atoms with E-state index in [0.717, 1.165) is 0 Å². The number of aryl methyl sites for hydroxylation is 1. The van der Waals surface area contributed by atoms with Gasteiger partial charge >= 0.3 is 0 Å². The van der Waals surface area contributed by atoms with Crippen LogP contribution in [0.1, 0.15) is 22.7 Å². The first kappa shape index (κ1) is 14.1. The average Bonchev–Trinajstić information content (AvgIpc) is 2.93. The maximum atomic E-state index is 6.38. The first-order valence-corrected chi connectivity index (χ1v) is 6.97. The molecule has 0 aliphatic heterocycles. The lowest BCUT2D eigenvalue weighted by Crippen LogP contribution is -2.11. The Morgan fingerprint density at radius 3 is 2.42 bits per heavy atom. The SMILES string of the molecule is Cc1ccc([C@H](N)c2ccsc2)c2ccccc12.Cl. The van der Waals surface area contributed by atoms with Crippen molar-refractivity contribution in [1.29, 1.82) is 0 Å². The minimum Gasteiger partial charge on any atom is -0.320 e. The van der Waals surface area contributed by atoms with E-state index in [0.29, 0.717) is 0 Å². The van der Waals surface area contributed by atoms with Gasteiger partial charge in [0.1, 0.15) is 0 Å². The minimum atomic E-state index is -0.0400. The van der Waals surface area contributed by atoms with Crippen LogP contribution >= 0.6 is 23.7 Å². The van der Waals surface area contributed by atoms with E-state index in [-0.39, 0.29) is 18.4 Å². The molecule has 3 rings (SSSR count). The van der Waals surface area contributed by atoms with Gasteiger partial charge < -0.3 is 5.73 Å². The van der Waals surface area contributed by atoms with Crippen molar-refractivity contribution in [3.8, 4) is 0 Å². The van der Waals surface area contributed by atoms with Crippen LogP contribution in [0.15, 0.2) is 53.2 Å². The number of fused-ring (bicyclic) bond motifs is 1. The Balaban J connectivity index is 0.00000133. The van der Waals surface area contributed by atoms with Crippen molar-refractivity contribution in [3.63, 3.8) is 0 Å². The molecule has 0 aliphatic rings. The lowest BCUT2D eigenvalue weighted by Gasteiger charge is -2.15. The van der Waals surface area contributed by atoms with E-state index in [1.54, 1.807) is 11.3 Å². The lowest BCUT2D eigenvalue weighted by molar-refractivity contribution is 0.886. The standard InChI is InChI=1S/C16H15NS.ClH/c1-11-6-7-15(14-5-3-2-4-13(11)14)16(17)12-8-9-18-10-12;/h2-10,16H,17H2,1H3;1H/t16-;/m1./s1. The summed E-state index contributed by atoms with van der Waals surface area (Å²) in [5, 5.41) is 6.75. The number of nitrogens with two attached hydrogens (primary N) is 1. The molecule has 3 aromatic rings. The van der Waals surface area contributed by atoms with Crippen molar-refractivity contribution in [3.05, 3.63) is 69.9 Å². The highest BCUT2D eigenvalue weighted by Crippen LogP contribution is 2.29. The van der Waals surface area contributed by atoms with Crippen LogP contribution in [0.3, 0.4) is 0 Å². The van der Waals surface area contributed by atoms with Gasteiger partial charge in [-0.15, -0.1) is 12.4 Å². The largest absolute Gasteiger partial charge is 0.320 e. The molecule has 98 valence electrons. The Bertz CT molecular complexity index is 676. The monoisotopic (exact) mass is 289 g/mol. The highest BCUT2D eigenvalue weighted by molar-refractivity contribution is 7.08. The molecule has 0 amide bonds. The zero-order valence-electron chi connectivity index (χ0n) is 10.7. The van der Waals surface area contributed by atoms with E-state index in [1.165, 1.54) is 27.5 Å². The normalized spacial score (nSPS) is 12.1. The van der Waals surface area contributed by atoms with Crippen LogP contribution < -0.4 is 5.73 Å². The van der Waals surface area contributed by atoms with E-state index in [9.17, 15) is 0 Å². The van der Waals surface area contributed by atoms with Gasteiger partial charge in [0.15, 0.2) is 0 Å². The summed E-state index contributed by atoms with van der Waals surface area (Å²) in [5.41, 5.74) is 10.1. The summed E-state index contributed by atoms with van der Waals surface area (Å²) in [4.78, 5) is 0. The van der Waals surface area contributed by atoms with Gasteiger partial charge in [0.25, 0.3) is 0 Å². The molecular formula is C16H16ClNS. The Labute approximate surface area is 123 Å². The maximum absolute atomic E-state index is 6.38. The van der Waals surface area contributed by atoms with Crippen molar-refractivity contribution in [2.24, 2.45) is 5.73 Å². The van der Waals surface area contributed by atoms with Crippen LogP contribution in [0.25, 0.3) is 10.8 Å². The van der Waals surface area contributed by atoms with Gasteiger partial charge in [0, 0.05) is 0 Å². The Hall–Kier alpha value is -1.35. The summed E-state index contributed by atoms with van der Waals surface area (Å²) in [6.07, 6.45) is 0. The topological polar surface area (TPSA) is 26.0 Å². The van der Waals surface area contributed by atoms with Crippen LogP contribution in [-0.4, -0.2) is 0 Å². The van der Waals surface area contributed by atoms with Crippen molar-refractivity contribution in [2.75, 3.05) is 0 Å². The second-order valence-electron chi connectivity index (χ2n) is 4.55. The molecular weight excluding hydrogens is 274 g/mol. The van der Waals surface area contributed by atoms with Gasteiger partial charge in [-0.05, 0) is 51.2 Å². The van der Waals surface area contributed by atoms with Gasteiger partial charge in [-0.2, -0.15) is 11.3 Å². The number of thiophene rings is 1. The number of benzene rings is 2. The summed E-state index contributed by atoms with van der Waals surface area (Å²) in [6, 6.07) is 14.8. The van der Waals surface area contributed by atoms with Crippen molar-refractivity contribution >= 4 is 34.5 Å². The molecule has 0 saturated carbocycles. The minimum absolute atomic E-state index is 0. The molecule has 3 heteroatoms. The fourth-order valence-electron chi connectivity index (χ4n) is 2.38. The molecule has 1 aromatic heterocycles. The Morgan fingerprint density at radius 2 is 1.74 bits per heavy atom. The van der Waals surface area contributed by atoms with Gasteiger partial charge in [0.05, 0.1) is 6.04 Å². The molecule has 1 atom stereocenters. The zero-order valence-corrected chi connectivity index (χ0v) is 12.3. The zero-order chi connectivity index (χ0) is 12.5. The highest BCUT2D eigenvalue weighted by atomic mass is 35.5. The van der Waals surface area contributed by atoms with E-state index in [2.05, 4.69) is 60.1 Å². The molecule has 1 heterocycles. The summed E-state index contributed by atoms with van der Waals surface area (Å²) < 4.78 is 0. The number of rotatable bonds is 2. The molecule has 0 bridgehead atoms. The summed E-state index contributed by atoms with van der Waals surface area (Å²) in [6.45, 7) is 2.14. The molecule has 0 spiro atoms. The van der Waals surface area contributed by atoms with Crippen molar-refractivity contribution in [2.45, 2.75) is 13.0 Å². The van der Waals surface area contributed by atoms with Crippen LogP contribution in [0, 0.1) is 6.92 Å². The van der Waals surface area contributed by atoms with Gasteiger partial charge in [0.2, 0.25) is 0 Å². The fraction of sp³-hybridized carbons (Fsp3) is 0.125. The van der Waals surface area contributed by atoms with Gasteiger partial charge in [-0.25, -0.2) is 0 Å². The Kier molecular flexibility index (Phi) is 4.25. The predicted octanol–water partition coefficient (Wildman–Crippen LogP) is 4.68. The molecule has 1 nitrogen and oxygen atoms in total. The maximum Gasteiger partial charge on any atom is 0.0566 e. The van der Waals surface area contributed by atoms with Crippen LogP contribution in [0.4, 0.5) is 0 Å². The Morgan fingerprint density at radius 1 is 1.00 bits per heavy atom. The third-order valence-corrected chi connectivity index (χ3v) is 4.11. The number of hydrogen-bond donors (Lipinski definition) is 1. The summed E-state index contributed by atoms with van der Waals surface area (Å²) in [5.74, 6) is 0. The smallest absolute Gasteiger partial charge is 0.0566 e. The second kappa shape index (κ2) is 5.74. The molecule has 2 aromatic carbocycles. The third kappa shape index (κ3) is 2.52. The van der Waals surface area contributed by atoms with Crippen LogP contribution in [0.2, 0.25) is 0 Å². The third-order valence-electron chi connectivity index (χ3n) is 3.41. The molecule has 0 fully saturated rings. The van der Waals surface area contributed by atoms with Gasteiger partial charge in [-0.3, -0.25) is 0 Å². The van der Waals surface area contributed by atoms with Gasteiger partial charge in [-0.1, -0.05) is 36.4 Å². The fourth-order valence-corrected chi connectivity index (χ4v) is 3.07. The first-order chi connectivity index (χ1) is 8.77. The molecule has 0 saturated heterocycles. The van der Waals surface area contributed by atoms with Crippen LogP contribution in [-0.2, 0) is 0 Å². The van der Waals surface area contributed by atoms with Crippen LogP contribution in [0.5, 0.6) is 0 Å². The second-order valence-corrected chi connectivity index (χ2v) is 5.33. The summed E-state index contributed by atoms with van der Waals surface area (Å²) in [7, 11) is 0. The molecule has 0 aliphatic carbocycles. The van der Waals surface area contributed by atoms with Crippen molar-refractivity contribution in [1.82, 2.24) is 0 Å². The van der Waals surface area contributed by atoms with E-state index < -0.39 is 0 Å². The summed E-state index contributed by atoms with van der Waals surface area (Å²) >= 11 is 1.69. The van der Waals surface area contributed by atoms with E-state index in [4.69, 9.17) is 5.73 Å². The van der Waals surface area contributed by atoms with Crippen molar-refractivity contribution < 1.29 is 0 Å². The molecule has 19 heavy (non-hydrogen) atoms. The predicted molar refractivity (Wildman–Crippen MR) is 86.3 cm³/mol. The first-order valence-electron chi connectivity index (χ1n) is 6.03. The number of hydrogen-bond acceptors (Lipinski definition) is 2. The highest BCUT2D eigenvalue weighted by Gasteiger charge is 2.12. The molecule has 2 N–H and O–H groups in total. The quantitative estimate of drug-likeness (QED) is 0.728. The lowest BCUT2D eigenvalue weighted by atomic mass is 9.94. The number of halogens is 1. The average molecular weight is 290 g/mol. The molecule has 0 radical (unpaired) electrons. The van der Waals surface area contributed by atoms with E-state index in [1.807, 2.05) is 0 Å². The van der Waals surface area contributed by atoms with E-state index >= 15 is 0 Å². The molecule has 0 unspecified atom stereocenters.